The number of carboxylic acid groups (broad SMARTS) is 1. The predicted molar refractivity (Wildman–Crippen MR) is 67.0 cm³/mol. The fourth-order valence-corrected chi connectivity index (χ4v) is 2.83. The fraction of sp³-hybridized carbons (Fsp3) is 0.500. The van der Waals surface area contributed by atoms with Crippen molar-refractivity contribution in [3.63, 3.8) is 0 Å². The van der Waals surface area contributed by atoms with Crippen LogP contribution < -0.4 is 4.74 Å². The number of halogens is 1. The van der Waals surface area contributed by atoms with Crippen LogP contribution in [0.3, 0.4) is 0 Å². The Bertz CT molecular complexity index is 492. The van der Waals surface area contributed by atoms with Crippen LogP contribution in [0.1, 0.15) is 37.7 Å². The lowest BCUT2D eigenvalue weighted by Crippen LogP contribution is -2.38. The number of aromatic hydroxyl groups is 1. The van der Waals surface area contributed by atoms with E-state index in [4.69, 9.17) is 4.74 Å². The summed E-state index contributed by atoms with van der Waals surface area (Å²) in [6, 6.07) is 2.23. The van der Waals surface area contributed by atoms with E-state index in [0.717, 1.165) is 25.3 Å². The minimum Gasteiger partial charge on any atom is -0.504 e. The average Bonchev–Trinajstić information content (AvgIpc) is 2.41. The van der Waals surface area contributed by atoms with E-state index in [1.54, 1.807) is 0 Å². The number of benzene rings is 1. The van der Waals surface area contributed by atoms with Crippen LogP contribution >= 0.6 is 0 Å². The zero-order valence-corrected chi connectivity index (χ0v) is 10.8. The lowest BCUT2D eigenvalue weighted by Gasteiger charge is -2.34. The Morgan fingerprint density at radius 2 is 1.95 bits per heavy atom. The monoisotopic (exact) mass is 268 g/mol. The smallest absolute Gasteiger partial charge is 0.314 e. The van der Waals surface area contributed by atoms with Crippen molar-refractivity contribution in [3.05, 3.63) is 23.5 Å². The van der Waals surface area contributed by atoms with E-state index < -0.39 is 17.2 Å². The maximum atomic E-state index is 14.2. The lowest BCUT2D eigenvalue weighted by molar-refractivity contribution is -0.145. The summed E-state index contributed by atoms with van der Waals surface area (Å²) in [7, 11) is 1.32. The molecule has 1 aromatic rings. The number of phenols is 1. The van der Waals surface area contributed by atoms with Crippen molar-refractivity contribution in [3.8, 4) is 11.5 Å². The molecule has 0 heterocycles. The molecule has 0 unspecified atom stereocenters. The van der Waals surface area contributed by atoms with Crippen molar-refractivity contribution in [2.24, 2.45) is 0 Å². The zero-order valence-electron chi connectivity index (χ0n) is 10.8. The summed E-state index contributed by atoms with van der Waals surface area (Å²) in [4.78, 5) is 11.6. The van der Waals surface area contributed by atoms with Crippen LogP contribution in [-0.2, 0) is 10.2 Å². The molecule has 4 nitrogen and oxygen atoms in total. The summed E-state index contributed by atoms with van der Waals surface area (Å²) in [6.07, 6.45) is 3.24. The summed E-state index contributed by atoms with van der Waals surface area (Å²) in [6.45, 7) is 0. The third-order valence-corrected chi connectivity index (χ3v) is 3.90. The lowest BCUT2D eigenvalue weighted by atomic mass is 9.69. The summed E-state index contributed by atoms with van der Waals surface area (Å²) < 4.78 is 19.0. The van der Waals surface area contributed by atoms with Gasteiger partial charge in [0.05, 0.1) is 12.5 Å². The fourth-order valence-electron chi connectivity index (χ4n) is 2.83. The number of carbonyl (C=O) groups is 1. The van der Waals surface area contributed by atoms with Crippen molar-refractivity contribution < 1.29 is 24.1 Å². The molecule has 0 spiro atoms. The van der Waals surface area contributed by atoms with Gasteiger partial charge in [0, 0.05) is 11.6 Å². The van der Waals surface area contributed by atoms with Crippen LogP contribution in [0.4, 0.5) is 4.39 Å². The highest BCUT2D eigenvalue weighted by atomic mass is 19.1. The van der Waals surface area contributed by atoms with Crippen molar-refractivity contribution in [2.75, 3.05) is 7.11 Å². The highest BCUT2D eigenvalue weighted by Crippen LogP contribution is 2.43. The molecule has 0 amide bonds. The second-order valence-electron chi connectivity index (χ2n) is 4.95. The van der Waals surface area contributed by atoms with Gasteiger partial charge in [0.2, 0.25) is 0 Å². The van der Waals surface area contributed by atoms with Gasteiger partial charge in [-0.05, 0) is 18.9 Å². The molecule has 1 aliphatic rings. The van der Waals surface area contributed by atoms with E-state index in [-0.39, 0.29) is 17.1 Å². The van der Waals surface area contributed by atoms with Crippen LogP contribution in [0, 0.1) is 5.82 Å². The van der Waals surface area contributed by atoms with E-state index >= 15 is 0 Å². The number of phenolic OH excluding ortho intramolecular Hbond substituents is 1. The third kappa shape index (κ3) is 2.25. The molecular formula is C14H17FO4. The van der Waals surface area contributed by atoms with Gasteiger partial charge < -0.3 is 14.9 Å². The van der Waals surface area contributed by atoms with Gasteiger partial charge in [-0.2, -0.15) is 0 Å². The molecule has 19 heavy (non-hydrogen) atoms. The number of hydrogen-bond donors (Lipinski definition) is 2. The second kappa shape index (κ2) is 5.07. The number of hydrogen-bond acceptors (Lipinski definition) is 3. The van der Waals surface area contributed by atoms with Gasteiger partial charge in [0.1, 0.15) is 5.82 Å². The molecule has 0 bridgehead atoms. The first-order chi connectivity index (χ1) is 9.01. The van der Waals surface area contributed by atoms with Crippen LogP contribution in [0.15, 0.2) is 12.1 Å². The Labute approximate surface area is 110 Å². The van der Waals surface area contributed by atoms with Gasteiger partial charge in [0.25, 0.3) is 0 Å². The zero-order chi connectivity index (χ0) is 14.0. The molecule has 0 aromatic heterocycles. The summed E-state index contributed by atoms with van der Waals surface area (Å²) in [5.41, 5.74) is -1.18. The molecule has 1 fully saturated rings. The van der Waals surface area contributed by atoms with E-state index in [1.807, 2.05) is 0 Å². The highest BCUT2D eigenvalue weighted by Gasteiger charge is 2.43. The first-order valence-corrected chi connectivity index (χ1v) is 6.31. The van der Waals surface area contributed by atoms with Crippen molar-refractivity contribution >= 4 is 5.97 Å². The molecule has 1 aromatic carbocycles. The minimum atomic E-state index is -1.23. The first kappa shape index (κ1) is 13.6. The summed E-state index contributed by atoms with van der Waals surface area (Å²) in [5.74, 6) is -1.89. The average molecular weight is 268 g/mol. The van der Waals surface area contributed by atoms with E-state index in [9.17, 15) is 19.4 Å². The minimum absolute atomic E-state index is 0.0117. The molecule has 0 aliphatic heterocycles. The maximum absolute atomic E-state index is 14.2. The Balaban J connectivity index is 2.54. The Hall–Kier alpha value is -1.78. The molecule has 5 heteroatoms. The molecule has 2 rings (SSSR count). The van der Waals surface area contributed by atoms with Gasteiger partial charge >= 0.3 is 5.97 Å². The molecular weight excluding hydrogens is 251 g/mol. The van der Waals surface area contributed by atoms with Crippen LogP contribution in [0.2, 0.25) is 0 Å². The van der Waals surface area contributed by atoms with Crippen molar-refractivity contribution in [2.45, 2.75) is 37.5 Å². The van der Waals surface area contributed by atoms with E-state index in [0.29, 0.717) is 12.8 Å². The normalized spacial score (nSPS) is 18.0. The number of rotatable bonds is 3. The van der Waals surface area contributed by atoms with Gasteiger partial charge in [0.15, 0.2) is 11.5 Å². The van der Waals surface area contributed by atoms with Crippen molar-refractivity contribution in [1.29, 1.82) is 0 Å². The van der Waals surface area contributed by atoms with Crippen molar-refractivity contribution in [1.82, 2.24) is 0 Å². The Morgan fingerprint density at radius 1 is 1.32 bits per heavy atom. The van der Waals surface area contributed by atoms with E-state index in [2.05, 4.69) is 0 Å². The molecule has 0 atom stereocenters. The number of methoxy groups -OCH3 is 1. The molecule has 104 valence electrons. The van der Waals surface area contributed by atoms with Crippen LogP contribution in [0.5, 0.6) is 11.5 Å². The highest BCUT2D eigenvalue weighted by molar-refractivity contribution is 5.82. The Kier molecular flexibility index (Phi) is 3.64. The summed E-state index contributed by atoms with van der Waals surface area (Å²) in [5, 5.41) is 19.3. The molecule has 2 N–H and O–H groups in total. The number of aliphatic carboxylic acids is 1. The maximum Gasteiger partial charge on any atom is 0.314 e. The standard InChI is InChI=1S/C14H17FO4/c1-19-12-8-10(15)9(7-11(12)16)14(13(17)18)5-3-2-4-6-14/h7-8,16H,2-6H2,1H3,(H,17,18). The molecule has 0 saturated heterocycles. The second-order valence-corrected chi connectivity index (χ2v) is 4.95. The third-order valence-electron chi connectivity index (χ3n) is 3.90. The van der Waals surface area contributed by atoms with Gasteiger partial charge in [-0.3, -0.25) is 4.79 Å². The SMILES string of the molecule is COc1cc(F)c(C2(C(=O)O)CCCCC2)cc1O. The number of ether oxygens (including phenoxy) is 1. The van der Waals surface area contributed by atoms with Crippen LogP contribution in [-0.4, -0.2) is 23.3 Å². The molecule has 1 aliphatic carbocycles. The van der Waals surface area contributed by atoms with Gasteiger partial charge in [-0.1, -0.05) is 19.3 Å². The predicted octanol–water partition coefficient (Wildman–Crippen LogP) is 2.83. The number of carboxylic acids is 1. The quantitative estimate of drug-likeness (QED) is 0.884. The van der Waals surface area contributed by atoms with Gasteiger partial charge in [-0.25, -0.2) is 4.39 Å². The Morgan fingerprint density at radius 3 is 2.47 bits per heavy atom. The first-order valence-electron chi connectivity index (χ1n) is 6.31. The van der Waals surface area contributed by atoms with E-state index in [1.165, 1.54) is 13.2 Å². The molecule has 1 saturated carbocycles. The molecule has 0 radical (unpaired) electrons. The summed E-state index contributed by atoms with van der Waals surface area (Å²) >= 11 is 0. The topological polar surface area (TPSA) is 66.8 Å². The van der Waals surface area contributed by atoms with Gasteiger partial charge in [-0.15, -0.1) is 0 Å². The largest absolute Gasteiger partial charge is 0.504 e. The van der Waals surface area contributed by atoms with Crippen LogP contribution in [0.25, 0.3) is 0 Å².